The van der Waals surface area contributed by atoms with Crippen LogP contribution in [0.2, 0.25) is 0 Å². The molecule has 0 aliphatic carbocycles. The van der Waals surface area contributed by atoms with Gasteiger partial charge in [0, 0.05) is 11.9 Å². The summed E-state index contributed by atoms with van der Waals surface area (Å²) in [5.74, 6) is 0. The summed E-state index contributed by atoms with van der Waals surface area (Å²) in [5, 5.41) is 8.29. The lowest BCUT2D eigenvalue weighted by atomic mass is 10.2. The third kappa shape index (κ3) is 3.52. The molecule has 1 aromatic carbocycles. The van der Waals surface area contributed by atoms with E-state index >= 15 is 0 Å². The van der Waals surface area contributed by atoms with Crippen LogP contribution in [0.5, 0.6) is 0 Å². The first-order valence-corrected chi connectivity index (χ1v) is 7.32. The molecule has 1 unspecified atom stereocenters. The Morgan fingerprint density at radius 1 is 1.21 bits per heavy atom. The standard InChI is InChI=1S/C13H15N3O2S/c1-10(13-7-2-3-8-15-13)16-11-5-4-6-12(9-11)19(14,17)18/h2-10,16H,1H3,(H2,14,17,18). The first-order valence-electron chi connectivity index (χ1n) is 5.77. The van der Waals surface area contributed by atoms with Gasteiger partial charge < -0.3 is 5.32 Å². The SMILES string of the molecule is CC(Nc1cccc(S(N)(=O)=O)c1)c1ccccn1. The molecule has 0 saturated carbocycles. The number of hydrogen-bond acceptors (Lipinski definition) is 4. The van der Waals surface area contributed by atoms with E-state index in [1.54, 1.807) is 18.3 Å². The highest BCUT2D eigenvalue weighted by molar-refractivity contribution is 7.89. The van der Waals surface area contributed by atoms with Gasteiger partial charge in [-0.2, -0.15) is 0 Å². The molecule has 0 radical (unpaired) electrons. The molecule has 0 bridgehead atoms. The summed E-state index contributed by atoms with van der Waals surface area (Å²) < 4.78 is 22.6. The fourth-order valence-electron chi connectivity index (χ4n) is 1.72. The Labute approximate surface area is 112 Å². The minimum Gasteiger partial charge on any atom is -0.377 e. The van der Waals surface area contributed by atoms with Crippen LogP contribution in [0.4, 0.5) is 5.69 Å². The van der Waals surface area contributed by atoms with E-state index in [1.165, 1.54) is 12.1 Å². The molecule has 0 aliphatic heterocycles. The van der Waals surface area contributed by atoms with Crippen molar-refractivity contribution in [3.63, 3.8) is 0 Å². The molecule has 1 aromatic heterocycles. The number of aromatic nitrogens is 1. The minimum atomic E-state index is -3.68. The monoisotopic (exact) mass is 277 g/mol. The molecule has 6 heteroatoms. The van der Waals surface area contributed by atoms with Crippen LogP contribution in [-0.4, -0.2) is 13.4 Å². The summed E-state index contributed by atoms with van der Waals surface area (Å²) in [7, 11) is -3.68. The molecule has 19 heavy (non-hydrogen) atoms. The Morgan fingerprint density at radius 3 is 2.63 bits per heavy atom. The lowest BCUT2D eigenvalue weighted by molar-refractivity contribution is 0.598. The zero-order valence-electron chi connectivity index (χ0n) is 10.4. The van der Waals surface area contributed by atoms with Gasteiger partial charge in [0.2, 0.25) is 10.0 Å². The molecular weight excluding hydrogens is 262 g/mol. The quantitative estimate of drug-likeness (QED) is 0.893. The molecule has 3 N–H and O–H groups in total. The van der Waals surface area contributed by atoms with E-state index in [9.17, 15) is 8.42 Å². The first kappa shape index (κ1) is 13.5. The summed E-state index contributed by atoms with van der Waals surface area (Å²) in [6, 6.07) is 12.0. The number of pyridine rings is 1. The van der Waals surface area contributed by atoms with Crippen molar-refractivity contribution >= 4 is 15.7 Å². The van der Waals surface area contributed by atoms with Gasteiger partial charge in [0.15, 0.2) is 0 Å². The highest BCUT2D eigenvalue weighted by atomic mass is 32.2. The van der Waals surface area contributed by atoms with E-state index < -0.39 is 10.0 Å². The third-order valence-corrected chi connectivity index (χ3v) is 3.59. The fraction of sp³-hybridized carbons (Fsp3) is 0.154. The summed E-state index contributed by atoms with van der Waals surface area (Å²) in [6.07, 6.45) is 1.72. The van der Waals surface area contributed by atoms with Gasteiger partial charge >= 0.3 is 0 Å². The second kappa shape index (κ2) is 5.38. The molecule has 0 fully saturated rings. The van der Waals surface area contributed by atoms with Crippen LogP contribution in [0.1, 0.15) is 18.7 Å². The van der Waals surface area contributed by atoms with Gasteiger partial charge in [-0.15, -0.1) is 0 Å². The second-order valence-corrected chi connectivity index (χ2v) is 5.75. The maximum absolute atomic E-state index is 11.3. The molecule has 1 atom stereocenters. The van der Waals surface area contributed by atoms with Crippen molar-refractivity contribution in [3.05, 3.63) is 54.4 Å². The fourth-order valence-corrected chi connectivity index (χ4v) is 2.28. The van der Waals surface area contributed by atoms with E-state index in [0.717, 1.165) is 5.69 Å². The summed E-state index contributed by atoms with van der Waals surface area (Å²) in [4.78, 5) is 4.33. The maximum Gasteiger partial charge on any atom is 0.238 e. The van der Waals surface area contributed by atoms with Gasteiger partial charge in [0.1, 0.15) is 0 Å². The normalized spacial score (nSPS) is 12.9. The number of rotatable bonds is 4. The molecule has 0 amide bonds. The molecular formula is C13H15N3O2S. The highest BCUT2D eigenvalue weighted by Gasteiger charge is 2.10. The Kier molecular flexibility index (Phi) is 3.82. The van der Waals surface area contributed by atoms with E-state index in [4.69, 9.17) is 5.14 Å². The molecule has 0 aliphatic rings. The molecule has 2 rings (SSSR count). The zero-order chi connectivity index (χ0) is 13.9. The number of nitrogens with zero attached hydrogens (tertiary/aromatic N) is 1. The number of benzene rings is 1. The van der Waals surface area contributed by atoms with Gasteiger partial charge in [-0.25, -0.2) is 13.6 Å². The largest absolute Gasteiger partial charge is 0.377 e. The molecule has 0 saturated heterocycles. The predicted octanol–water partition coefficient (Wildman–Crippen LogP) is 1.90. The number of primary sulfonamides is 1. The Hall–Kier alpha value is -1.92. The van der Waals surface area contributed by atoms with Crippen molar-refractivity contribution in [1.82, 2.24) is 4.98 Å². The summed E-state index contributed by atoms with van der Waals surface area (Å²) in [6.45, 7) is 1.95. The average molecular weight is 277 g/mol. The van der Waals surface area contributed by atoms with E-state index in [1.807, 2.05) is 25.1 Å². The van der Waals surface area contributed by atoms with Gasteiger partial charge in [0.25, 0.3) is 0 Å². The van der Waals surface area contributed by atoms with Crippen molar-refractivity contribution in [1.29, 1.82) is 0 Å². The van der Waals surface area contributed by atoms with Crippen LogP contribution in [0, 0.1) is 0 Å². The maximum atomic E-state index is 11.3. The van der Waals surface area contributed by atoms with Gasteiger partial charge in [0.05, 0.1) is 16.6 Å². The molecule has 1 heterocycles. The van der Waals surface area contributed by atoms with E-state index in [-0.39, 0.29) is 10.9 Å². The number of hydrogen-bond donors (Lipinski definition) is 2. The van der Waals surface area contributed by atoms with Crippen LogP contribution >= 0.6 is 0 Å². The lowest BCUT2D eigenvalue weighted by Gasteiger charge is -2.15. The van der Waals surface area contributed by atoms with E-state index in [2.05, 4.69) is 10.3 Å². The first-order chi connectivity index (χ1) is 8.97. The van der Waals surface area contributed by atoms with Gasteiger partial charge in [-0.05, 0) is 37.3 Å². The third-order valence-electron chi connectivity index (χ3n) is 2.68. The van der Waals surface area contributed by atoms with Crippen molar-refractivity contribution in [3.8, 4) is 0 Å². The summed E-state index contributed by atoms with van der Waals surface area (Å²) >= 11 is 0. The molecule has 5 nitrogen and oxygen atoms in total. The van der Waals surface area contributed by atoms with Crippen molar-refractivity contribution < 1.29 is 8.42 Å². The van der Waals surface area contributed by atoms with Crippen LogP contribution in [0.3, 0.4) is 0 Å². The highest BCUT2D eigenvalue weighted by Crippen LogP contribution is 2.19. The number of nitrogens with one attached hydrogen (secondary N) is 1. The average Bonchev–Trinajstić information content (AvgIpc) is 2.39. The topological polar surface area (TPSA) is 85.1 Å². The van der Waals surface area contributed by atoms with Crippen LogP contribution < -0.4 is 10.5 Å². The van der Waals surface area contributed by atoms with Crippen molar-refractivity contribution in [2.45, 2.75) is 17.9 Å². The number of anilines is 1. The molecule has 0 spiro atoms. The summed E-state index contributed by atoms with van der Waals surface area (Å²) in [5.41, 5.74) is 1.56. The Bertz CT molecular complexity index is 657. The van der Waals surface area contributed by atoms with Crippen LogP contribution in [-0.2, 0) is 10.0 Å². The predicted molar refractivity (Wildman–Crippen MR) is 74.1 cm³/mol. The van der Waals surface area contributed by atoms with Crippen LogP contribution in [0.25, 0.3) is 0 Å². The van der Waals surface area contributed by atoms with E-state index in [0.29, 0.717) is 5.69 Å². The van der Waals surface area contributed by atoms with Gasteiger partial charge in [-0.1, -0.05) is 12.1 Å². The Balaban J connectivity index is 2.20. The van der Waals surface area contributed by atoms with Crippen molar-refractivity contribution in [2.75, 3.05) is 5.32 Å². The zero-order valence-corrected chi connectivity index (χ0v) is 11.3. The number of nitrogens with two attached hydrogens (primary N) is 1. The van der Waals surface area contributed by atoms with Gasteiger partial charge in [-0.3, -0.25) is 4.98 Å². The number of sulfonamides is 1. The minimum absolute atomic E-state index is 0.0306. The molecule has 2 aromatic rings. The smallest absolute Gasteiger partial charge is 0.238 e. The lowest BCUT2D eigenvalue weighted by Crippen LogP contribution is -2.13. The van der Waals surface area contributed by atoms with Crippen LogP contribution in [0.15, 0.2) is 53.6 Å². The Morgan fingerprint density at radius 2 is 2.00 bits per heavy atom. The molecule has 100 valence electrons. The van der Waals surface area contributed by atoms with Crippen molar-refractivity contribution in [2.24, 2.45) is 5.14 Å². The second-order valence-electron chi connectivity index (χ2n) is 4.19.